The molecule has 5 nitrogen and oxygen atoms in total. The smallest absolute Gasteiger partial charge is 0.235 e. The molecule has 0 radical (unpaired) electrons. The minimum absolute atomic E-state index is 0.0365. The Morgan fingerprint density at radius 2 is 0.974 bits per heavy atom. The number of ether oxygens (including phenoxy) is 2. The maximum Gasteiger partial charge on any atom is 0.235 e. The molecule has 186 valence electrons. The Morgan fingerprint density at radius 3 is 1.47 bits per heavy atom. The minimum atomic E-state index is 0.0365. The Morgan fingerprint density at radius 1 is 0.500 bits per heavy atom. The minimum Gasteiger partial charge on any atom is -0.476 e. The third kappa shape index (κ3) is 4.41. The molecule has 4 aromatic carbocycles. The molecule has 5 aromatic rings. The molecule has 2 aliphatic heterocycles. The molecule has 0 saturated heterocycles. The number of rotatable bonds is 4. The maximum absolute atomic E-state index is 5.98. The van der Waals surface area contributed by atoms with E-state index in [1.807, 2.05) is 18.2 Å². The van der Waals surface area contributed by atoms with Crippen LogP contribution in [0.4, 0.5) is 0 Å². The first-order valence-corrected chi connectivity index (χ1v) is 13.2. The molecule has 0 N–H and O–H groups in total. The van der Waals surface area contributed by atoms with E-state index >= 15 is 0 Å². The number of benzene rings is 4. The van der Waals surface area contributed by atoms with Crippen LogP contribution >= 0.6 is 0 Å². The van der Waals surface area contributed by atoms with E-state index in [4.69, 9.17) is 24.4 Å². The topological polar surface area (TPSA) is 56.1 Å². The average Bonchev–Trinajstić information content (AvgIpc) is 3.01. The summed E-state index contributed by atoms with van der Waals surface area (Å²) in [5, 5.41) is 4.91. The molecule has 5 heteroatoms. The fourth-order valence-corrected chi connectivity index (χ4v) is 5.29. The van der Waals surface area contributed by atoms with E-state index in [2.05, 4.69) is 84.9 Å². The van der Waals surface area contributed by atoms with Crippen molar-refractivity contribution in [3.63, 3.8) is 0 Å². The van der Waals surface area contributed by atoms with Crippen molar-refractivity contribution in [1.82, 2.24) is 4.98 Å². The summed E-state index contributed by atoms with van der Waals surface area (Å²) in [6.07, 6.45) is 1.68. The second-order valence-electron chi connectivity index (χ2n) is 9.80. The predicted octanol–water partition coefficient (Wildman–Crippen LogP) is 7.20. The number of aromatic nitrogens is 1. The predicted molar refractivity (Wildman–Crippen MR) is 152 cm³/mol. The lowest BCUT2D eigenvalue weighted by Gasteiger charge is -2.23. The van der Waals surface area contributed by atoms with E-state index in [1.54, 1.807) is 0 Å². The van der Waals surface area contributed by atoms with Crippen molar-refractivity contribution in [3.05, 3.63) is 126 Å². The van der Waals surface area contributed by atoms with Gasteiger partial charge in [0.1, 0.15) is 11.4 Å². The van der Waals surface area contributed by atoms with Crippen molar-refractivity contribution < 1.29 is 9.47 Å². The lowest BCUT2D eigenvalue weighted by atomic mass is 9.99. The normalized spacial score (nSPS) is 19.4. The van der Waals surface area contributed by atoms with Gasteiger partial charge in [0.2, 0.25) is 11.8 Å². The highest BCUT2D eigenvalue weighted by Gasteiger charge is 2.23. The standard InChI is InChI=1S/C33H27N3O2/c1-3-8-24-20-26(14-12-22(24)6-1)28-16-18-37-32(35-28)30-10-5-11-31(34-30)33-36-29(17-19-38-33)27-15-13-23-7-2-4-9-25(23)21-27/h1-15,20-21,28-29H,16-19H2/t28-,29-/m1/s1. The first-order valence-electron chi connectivity index (χ1n) is 13.2. The van der Waals surface area contributed by atoms with Crippen molar-refractivity contribution in [2.45, 2.75) is 24.9 Å². The van der Waals surface area contributed by atoms with Gasteiger partial charge in [0.25, 0.3) is 0 Å². The van der Waals surface area contributed by atoms with Gasteiger partial charge < -0.3 is 9.47 Å². The summed E-state index contributed by atoms with van der Waals surface area (Å²) < 4.78 is 12.0. The van der Waals surface area contributed by atoms with Crippen LogP contribution in [0.5, 0.6) is 0 Å². The van der Waals surface area contributed by atoms with Crippen molar-refractivity contribution in [2.24, 2.45) is 9.98 Å². The molecule has 7 rings (SSSR count). The van der Waals surface area contributed by atoms with E-state index in [9.17, 15) is 0 Å². The largest absolute Gasteiger partial charge is 0.476 e. The zero-order chi connectivity index (χ0) is 25.3. The van der Waals surface area contributed by atoms with Gasteiger partial charge in [-0.25, -0.2) is 15.0 Å². The highest BCUT2D eigenvalue weighted by molar-refractivity contribution is 5.97. The van der Waals surface area contributed by atoms with Gasteiger partial charge in [-0.3, -0.25) is 0 Å². The molecule has 2 atom stereocenters. The highest BCUT2D eigenvalue weighted by atomic mass is 16.5. The second kappa shape index (κ2) is 9.75. The van der Waals surface area contributed by atoms with Crippen molar-refractivity contribution in [1.29, 1.82) is 0 Å². The number of hydrogen-bond donors (Lipinski definition) is 0. The SMILES string of the molecule is c1cc(C2=N[C@@H](c3ccc4ccccc4c3)CCO2)nc(C2=N[C@@H](c3ccc4ccccc4c3)CCO2)c1. The Hall–Kier alpha value is -4.51. The van der Waals surface area contributed by atoms with Gasteiger partial charge in [-0.05, 0) is 56.9 Å². The molecule has 0 aliphatic carbocycles. The summed E-state index contributed by atoms with van der Waals surface area (Å²) in [6.45, 7) is 1.20. The molecule has 38 heavy (non-hydrogen) atoms. The van der Waals surface area contributed by atoms with Gasteiger partial charge in [0.05, 0.1) is 25.3 Å². The molecule has 0 amide bonds. The fraction of sp³-hybridized carbons (Fsp3) is 0.182. The first kappa shape index (κ1) is 22.7. The van der Waals surface area contributed by atoms with Gasteiger partial charge >= 0.3 is 0 Å². The molecular formula is C33H27N3O2. The van der Waals surface area contributed by atoms with Crippen LogP contribution in [0.15, 0.2) is 113 Å². The maximum atomic E-state index is 5.98. The zero-order valence-electron chi connectivity index (χ0n) is 21.0. The highest BCUT2D eigenvalue weighted by Crippen LogP contribution is 2.30. The summed E-state index contributed by atoms with van der Waals surface area (Å²) >= 11 is 0. The van der Waals surface area contributed by atoms with Crippen molar-refractivity contribution in [3.8, 4) is 0 Å². The van der Waals surface area contributed by atoms with E-state index in [0.717, 1.165) is 12.8 Å². The summed E-state index contributed by atoms with van der Waals surface area (Å²) in [7, 11) is 0. The van der Waals surface area contributed by atoms with Gasteiger partial charge in [0.15, 0.2) is 0 Å². The Bertz CT molecular complexity index is 1590. The van der Waals surface area contributed by atoms with Gasteiger partial charge in [-0.2, -0.15) is 0 Å². The van der Waals surface area contributed by atoms with Crippen LogP contribution in [0.2, 0.25) is 0 Å². The van der Waals surface area contributed by atoms with Crippen LogP contribution in [-0.2, 0) is 9.47 Å². The van der Waals surface area contributed by atoms with Crippen LogP contribution in [0.25, 0.3) is 21.5 Å². The third-order valence-electron chi connectivity index (χ3n) is 7.31. The zero-order valence-corrected chi connectivity index (χ0v) is 21.0. The molecule has 0 saturated carbocycles. The van der Waals surface area contributed by atoms with Gasteiger partial charge in [0, 0.05) is 12.8 Å². The van der Waals surface area contributed by atoms with E-state index < -0.39 is 0 Å². The van der Waals surface area contributed by atoms with E-state index in [-0.39, 0.29) is 12.1 Å². The third-order valence-corrected chi connectivity index (χ3v) is 7.31. The van der Waals surface area contributed by atoms with Crippen LogP contribution in [0.3, 0.4) is 0 Å². The first-order chi connectivity index (χ1) is 18.8. The van der Waals surface area contributed by atoms with Gasteiger partial charge in [-0.15, -0.1) is 0 Å². The molecular weight excluding hydrogens is 470 g/mol. The number of fused-ring (bicyclic) bond motifs is 2. The van der Waals surface area contributed by atoms with Crippen LogP contribution in [0, 0.1) is 0 Å². The van der Waals surface area contributed by atoms with Crippen LogP contribution in [0.1, 0.15) is 47.4 Å². The fourth-order valence-electron chi connectivity index (χ4n) is 5.29. The number of aliphatic imine (C=N–C) groups is 2. The Balaban J connectivity index is 1.17. The van der Waals surface area contributed by atoms with Crippen molar-refractivity contribution >= 4 is 33.3 Å². The molecule has 1 aromatic heterocycles. The molecule has 0 spiro atoms. The lowest BCUT2D eigenvalue weighted by molar-refractivity contribution is 0.259. The monoisotopic (exact) mass is 497 g/mol. The Kier molecular flexibility index (Phi) is 5.82. The second-order valence-corrected chi connectivity index (χ2v) is 9.80. The molecule has 0 fully saturated rings. The number of hydrogen-bond acceptors (Lipinski definition) is 5. The number of pyridine rings is 1. The molecule has 3 heterocycles. The molecule has 2 aliphatic rings. The van der Waals surface area contributed by atoms with Gasteiger partial charge in [-0.1, -0.05) is 78.9 Å². The lowest BCUT2D eigenvalue weighted by Crippen LogP contribution is -2.22. The van der Waals surface area contributed by atoms with E-state index in [1.165, 1.54) is 32.7 Å². The van der Waals surface area contributed by atoms with E-state index in [0.29, 0.717) is 36.4 Å². The molecule has 0 bridgehead atoms. The summed E-state index contributed by atoms with van der Waals surface area (Å²) in [5.74, 6) is 1.14. The van der Waals surface area contributed by atoms with Crippen molar-refractivity contribution in [2.75, 3.05) is 13.2 Å². The summed E-state index contributed by atoms with van der Waals surface area (Å²) in [4.78, 5) is 14.8. The summed E-state index contributed by atoms with van der Waals surface area (Å²) in [6, 6.07) is 35.9. The number of nitrogens with zero attached hydrogens (tertiary/aromatic N) is 3. The average molecular weight is 498 g/mol. The quantitative estimate of drug-likeness (QED) is 0.264. The Labute approximate surface area is 221 Å². The van der Waals surface area contributed by atoms with Crippen LogP contribution < -0.4 is 0 Å². The van der Waals surface area contributed by atoms with Crippen LogP contribution in [-0.4, -0.2) is 30.0 Å². The summed E-state index contributed by atoms with van der Waals surface area (Å²) in [5.41, 5.74) is 3.79. The molecule has 0 unspecified atom stereocenters.